The lowest BCUT2D eigenvalue weighted by atomic mass is 10.2. The first kappa shape index (κ1) is 18.7. The highest BCUT2D eigenvalue weighted by Gasteiger charge is 2.15. The van der Waals surface area contributed by atoms with Crippen LogP contribution < -0.4 is 10.6 Å². The monoisotopic (exact) mass is 391 g/mol. The normalized spacial score (nSPS) is 11.0. The standard InChI is InChI=1S/C14H19BrClN3O3/c1-14(2,3)22-13(21)18-8-4-7-17-12(20)11-9(16)5-6-10(15)19-11/h5-6H,4,7-8H2,1-3H3,(H,17,20)(H,18,21). The minimum absolute atomic E-state index is 0.163. The minimum Gasteiger partial charge on any atom is -0.444 e. The molecule has 2 N–H and O–H groups in total. The Morgan fingerprint density at radius 2 is 1.91 bits per heavy atom. The number of aromatic nitrogens is 1. The third-order valence-corrected chi connectivity index (χ3v) is 3.08. The number of amides is 2. The molecule has 0 atom stereocenters. The number of hydrogen-bond acceptors (Lipinski definition) is 4. The van der Waals surface area contributed by atoms with Crippen molar-refractivity contribution < 1.29 is 14.3 Å². The van der Waals surface area contributed by atoms with Gasteiger partial charge in [-0.2, -0.15) is 0 Å². The van der Waals surface area contributed by atoms with Crippen LogP contribution in [0.25, 0.3) is 0 Å². The van der Waals surface area contributed by atoms with Gasteiger partial charge in [-0.05, 0) is 55.3 Å². The predicted molar refractivity (Wildman–Crippen MR) is 88.1 cm³/mol. The van der Waals surface area contributed by atoms with Gasteiger partial charge in [0.15, 0.2) is 0 Å². The van der Waals surface area contributed by atoms with E-state index in [1.165, 1.54) is 0 Å². The molecule has 0 aromatic carbocycles. The van der Waals surface area contributed by atoms with E-state index in [0.717, 1.165) is 0 Å². The molecule has 22 heavy (non-hydrogen) atoms. The number of carbonyl (C=O) groups is 2. The van der Waals surface area contributed by atoms with Crippen LogP contribution in [0.5, 0.6) is 0 Å². The Kier molecular flexibility index (Phi) is 7.09. The van der Waals surface area contributed by atoms with Gasteiger partial charge in [-0.3, -0.25) is 4.79 Å². The van der Waals surface area contributed by atoms with Gasteiger partial charge in [0.25, 0.3) is 5.91 Å². The van der Waals surface area contributed by atoms with Gasteiger partial charge in [-0.15, -0.1) is 0 Å². The average molecular weight is 393 g/mol. The highest BCUT2D eigenvalue weighted by Crippen LogP contribution is 2.16. The molecule has 2 amide bonds. The van der Waals surface area contributed by atoms with E-state index in [1.54, 1.807) is 32.9 Å². The Morgan fingerprint density at radius 3 is 2.55 bits per heavy atom. The van der Waals surface area contributed by atoms with Gasteiger partial charge >= 0.3 is 6.09 Å². The van der Waals surface area contributed by atoms with Gasteiger partial charge < -0.3 is 15.4 Å². The summed E-state index contributed by atoms with van der Waals surface area (Å²) in [6.45, 7) is 6.17. The molecule has 0 aliphatic heterocycles. The number of pyridine rings is 1. The average Bonchev–Trinajstić information content (AvgIpc) is 2.38. The van der Waals surface area contributed by atoms with Gasteiger partial charge in [0.2, 0.25) is 0 Å². The molecule has 0 aliphatic carbocycles. The zero-order chi connectivity index (χ0) is 16.8. The van der Waals surface area contributed by atoms with Crippen LogP contribution in [0.3, 0.4) is 0 Å². The van der Waals surface area contributed by atoms with Crippen molar-refractivity contribution in [3.63, 3.8) is 0 Å². The van der Waals surface area contributed by atoms with Crippen molar-refractivity contribution in [1.82, 2.24) is 15.6 Å². The van der Waals surface area contributed by atoms with E-state index in [-0.39, 0.29) is 16.6 Å². The smallest absolute Gasteiger partial charge is 0.407 e. The van der Waals surface area contributed by atoms with E-state index < -0.39 is 11.7 Å². The maximum atomic E-state index is 11.9. The Balaban J connectivity index is 2.29. The molecule has 0 aliphatic rings. The first-order valence-electron chi connectivity index (χ1n) is 6.76. The lowest BCUT2D eigenvalue weighted by molar-refractivity contribution is 0.0527. The quantitative estimate of drug-likeness (QED) is 0.596. The summed E-state index contributed by atoms with van der Waals surface area (Å²) in [6.07, 6.45) is 0.0897. The highest BCUT2D eigenvalue weighted by atomic mass is 79.9. The summed E-state index contributed by atoms with van der Waals surface area (Å²) in [4.78, 5) is 27.3. The fourth-order valence-electron chi connectivity index (χ4n) is 1.46. The molecule has 1 aromatic rings. The molecule has 0 bridgehead atoms. The number of halogens is 2. The summed E-state index contributed by atoms with van der Waals surface area (Å²) in [5.74, 6) is -0.358. The number of nitrogens with zero attached hydrogens (tertiary/aromatic N) is 1. The molecular formula is C14H19BrClN3O3. The molecule has 0 unspecified atom stereocenters. The number of alkyl carbamates (subject to hydrolysis) is 1. The Hall–Kier alpha value is -1.34. The van der Waals surface area contributed by atoms with Crippen LogP contribution in [0, 0.1) is 0 Å². The molecule has 0 radical (unpaired) electrons. The van der Waals surface area contributed by atoms with Crippen molar-refractivity contribution in [2.45, 2.75) is 32.8 Å². The number of carbonyl (C=O) groups excluding carboxylic acids is 2. The van der Waals surface area contributed by atoms with Gasteiger partial charge in [0.05, 0.1) is 5.02 Å². The van der Waals surface area contributed by atoms with E-state index in [2.05, 4.69) is 31.5 Å². The Bertz CT molecular complexity index is 547. The van der Waals surface area contributed by atoms with E-state index in [9.17, 15) is 9.59 Å². The van der Waals surface area contributed by atoms with Crippen molar-refractivity contribution in [3.05, 3.63) is 27.5 Å². The fraction of sp³-hybridized carbons (Fsp3) is 0.500. The summed E-state index contributed by atoms with van der Waals surface area (Å²) >= 11 is 9.10. The number of hydrogen-bond donors (Lipinski definition) is 2. The number of rotatable bonds is 5. The van der Waals surface area contributed by atoms with Crippen LogP contribution in [-0.4, -0.2) is 35.7 Å². The number of nitrogens with one attached hydrogen (secondary N) is 2. The van der Waals surface area contributed by atoms with Crippen LogP contribution >= 0.6 is 27.5 Å². The number of ether oxygens (including phenoxy) is 1. The molecule has 122 valence electrons. The second-order valence-corrected chi connectivity index (χ2v) is 6.72. The van der Waals surface area contributed by atoms with E-state index in [0.29, 0.717) is 24.1 Å². The SMILES string of the molecule is CC(C)(C)OC(=O)NCCCNC(=O)c1nc(Br)ccc1Cl. The van der Waals surface area contributed by atoms with Crippen LogP contribution in [0.2, 0.25) is 5.02 Å². The van der Waals surface area contributed by atoms with Crippen molar-refractivity contribution in [3.8, 4) is 0 Å². The molecule has 0 fully saturated rings. The summed E-state index contributed by atoms with van der Waals surface area (Å²) in [6, 6.07) is 3.25. The van der Waals surface area contributed by atoms with E-state index >= 15 is 0 Å². The molecule has 8 heteroatoms. The summed E-state index contributed by atoms with van der Waals surface area (Å²) < 4.78 is 5.63. The van der Waals surface area contributed by atoms with Crippen molar-refractivity contribution in [1.29, 1.82) is 0 Å². The van der Waals surface area contributed by atoms with Gasteiger partial charge in [-0.25, -0.2) is 9.78 Å². The molecule has 1 rings (SSSR count). The zero-order valence-electron chi connectivity index (χ0n) is 12.7. The fourth-order valence-corrected chi connectivity index (χ4v) is 1.96. The highest BCUT2D eigenvalue weighted by molar-refractivity contribution is 9.10. The summed E-state index contributed by atoms with van der Waals surface area (Å²) in [5, 5.41) is 5.59. The first-order valence-corrected chi connectivity index (χ1v) is 7.93. The molecule has 0 saturated carbocycles. The largest absolute Gasteiger partial charge is 0.444 e. The van der Waals surface area contributed by atoms with Gasteiger partial charge in [-0.1, -0.05) is 11.6 Å². The lowest BCUT2D eigenvalue weighted by Crippen LogP contribution is -2.34. The molecule has 6 nitrogen and oxygen atoms in total. The molecule has 1 aromatic heterocycles. The zero-order valence-corrected chi connectivity index (χ0v) is 15.0. The first-order chi connectivity index (χ1) is 10.2. The Morgan fingerprint density at radius 1 is 1.27 bits per heavy atom. The lowest BCUT2D eigenvalue weighted by Gasteiger charge is -2.19. The summed E-state index contributed by atoms with van der Waals surface area (Å²) in [7, 11) is 0. The molecular weight excluding hydrogens is 374 g/mol. The predicted octanol–water partition coefficient (Wildman–Crippen LogP) is 3.14. The van der Waals surface area contributed by atoms with Crippen LogP contribution in [0.4, 0.5) is 4.79 Å². The molecule has 0 spiro atoms. The summed E-state index contributed by atoms with van der Waals surface area (Å²) in [5.41, 5.74) is -0.363. The minimum atomic E-state index is -0.526. The van der Waals surface area contributed by atoms with Gasteiger partial charge in [0.1, 0.15) is 15.9 Å². The Labute approximate surface area is 143 Å². The van der Waals surface area contributed by atoms with E-state index in [1.807, 2.05) is 0 Å². The topological polar surface area (TPSA) is 80.3 Å². The van der Waals surface area contributed by atoms with E-state index in [4.69, 9.17) is 16.3 Å². The van der Waals surface area contributed by atoms with Crippen molar-refractivity contribution in [2.75, 3.05) is 13.1 Å². The van der Waals surface area contributed by atoms with Crippen LogP contribution in [0.15, 0.2) is 16.7 Å². The van der Waals surface area contributed by atoms with Gasteiger partial charge in [0, 0.05) is 13.1 Å². The van der Waals surface area contributed by atoms with Crippen LogP contribution in [-0.2, 0) is 4.74 Å². The molecule has 0 saturated heterocycles. The third kappa shape index (κ3) is 7.09. The maximum absolute atomic E-state index is 11.9. The third-order valence-electron chi connectivity index (χ3n) is 2.33. The van der Waals surface area contributed by atoms with Crippen molar-refractivity contribution in [2.24, 2.45) is 0 Å². The van der Waals surface area contributed by atoms with Crippen LogP contribution in [0.1, 0.15) is 37.7 Å². The second kappa shape index (κ2) is 8.33. The second-order valence-electron chi connectivity index (χ2n) is 5.50. The van der Waals surface area contributed by atoms with Crippen molar-refractivity contribution >= 4 is 39.5 Å². The molecule has 1 heterocycles. The maximum Gasteiger partial charge on any atom is 0.407 e.